The van der Waals surface area contributed by atoms with Crippen LogP contribution in [0.15, 0.2) is 18.2 Å². The van der Waals surface area contributed by atoms with Crippen LogP contribution in [0.4, 0.5) is 0 Å². The number of hydrogen-bond acceptors (Lipinski definition) is 2. The normalized spacial score (nSPS) is 18.3. The molecule has 1 heterocycles. The third-order valence-corrected chi connectivity index (χ3v) is 4.61. The number of hydrogen-bond donors (Lipinski definition) is 1. The van der Waals surface area contributed by atoms with Crippen molar-refractivity contribution in [1.29, 1.82) is 0 Å². The second kappa shape index (κ2) is 6.93. The molecule has 0 spiro atoms. The summed E-state index contributed by atoms with van der Waals surface area (Å²) in [6.45, 7) is 1.87. The number of carbonyl (C=O) groups excluding carboxylic acids is 1. The quantitative estimate of drug-likeness (QED) is 0.774. The number of nitrogens with zero attached hydrogens (tertiary/aromatic N) is 1. The SMILES string of the molecule is CN(C(=O)c1ccc(Cl)c(I)c1)C1CCNC1.Cl. The molecule has 2 rings (SSSR count). The largest absolute Gasteiger partial charge is 0.337 e. The second-order valence-corrected chi connectivity index (χ2v) is 5.76. The van der Waals surface area contributed by atoms with Crippen molar-refractivity contribution in [2.24, 2.45) is 0 Å². The standard InChI is InChI=1S/C12H14ClIN2O.ClH/c1-16(9-4-5-15-7-9)12(17)8-2-3-10(13)11(14)6-8;/h2-3,6,9,15H,4-5,7H2,1H3;1H. The van der Waals surface area contributed by atoms with Gasteiger partial charge in [0.2, 0.25) is 0 Å². The van der Waals surface area contributed by atoms with Crippen LogP contribution >= 0.6 is 46.6 Å². The van der Waals surface area contributed by atoms with Crippen LogP contribution in [0.3, 0.4) is 0 Å². The molecule has 3 nitrogen and oxygen atoms in total. The number of benzene rings is 1. The van der Waals surface area contributed by atoms with E-state index in [1.54, 1.807) is 12.1 Å². The van der Waals surface area contributed by atoms with E-state index in [1.165, 1.54) is 0 Å². The van der Waals surface area contributed by atoms with Gasteiger partial charge in [-0.25, -0.2) is 0 Å². The zero-order chi connectivity index (χ0) is 12.4. The zero-order valence-electron chi connectivity index (χ0n) is 9.95. The summed E-state index contributed by atoms with van der Waals surface area (Å²) in [5, 5.41) is 3.95. The minimum absolute atomic E-state index is 0. The fourth-order valence-electron chi connectivity index (χ4n) is 1.97. The molecule has 6 heteroatoms. The summed E-state index contributed by atoms with van der Waals surface area (Å²) in [7, 11) is 1.86. The van der Waals surface area contributed by atoms with Crippen molar-refractivity contribution in [3.05, 3.63) is 32.4 Å². The molecule has 100 valence electrons. The van der Waals surface area contributed by atoms with Gasteiger partial charge < -0.3 is 10.2 Å². The summed E-state index contributed by atoms with van der Waals surface area (Å²) in [6, 6.07) is 5.70. The Morgan fingerprint density at radius 1 is 1.56 bits per heavy atom. The summed E-state index contributed by atoms with van der Waals surface area (Å²) in [6.07, 6.45) is 1.02. The van der Waals surface area contributed by atoms with E-state index in [4.69, 9.17) is 11.6 Å². The van der Waals surface area contributed by atoms with Gasteiger partial charge in [0.25, 0.3) is 5.91 Å². The lowest BCUT2D eigenvalue weighted by Crippen LogP contribution is -2.38. The lowest BCUT2D eigenvalue weighted by Gasteiger charge is -2.23. The van der Waals surface area contributed by atoms with E-state index in [-0.39, 0.29) is 18.3 Å². The van der Waals surface area contributed by atoms with Crippen LogP contribution in [0, 0.1) is 3.57 Å². The topological polar surface area (TPSA) is 32.3 Å². The van der Waals surface area contributed by atoms with Crippen LogP contribution < -0.4 is 5.32 Å². The lowest BCUT2D eigenvalue weighted by molar-refractivity contribution is 0.0743. The molecule has 1 amide bonds. The van der Waals surface area contributed by atoms with Crippen LogP contribution in [0.1, 0.15) is 16.8 Å². The first kappa shape index (κ1) is 16.0. The first-order chi connectivity index (χ1) is 8.09. The molecule has 1 aromatic rings. The van der Waals surface area contributed by atoms with E-state index in [1.807, 2.05) is 18.0 Å². The van der Waals surface area contributed by atoms with Gasteiger partial charge in [-0.15, -0.1) is 12.4 Å². The average molecular weight is 401 g/mol. The third-order valence-electron chi connectivity index (χ3n) is 3.07. The van der Waals surface area contributed by atoms with Crippen LogP contribution in [0.2, 0.25) is 5.02 Å². The van der Waals surface area contributed by atoms with Crippen LogP contribution in [-0.2, 0) is 0 Å². The molecule has 1 aliphatic rings. The minimum Gasteiger partial charge on any atom is -0.337 e. The van der Waals surface area contributed by atoms with Crippen molar-refractivity contribution in [3.63, 3.8) is 0 Å². The molecule has 1 atom stereocenters. The predicted octanol–water partition coefficient (Wildman–Crippen LogP) is 2.80. The third kappa shape index (κ3) is 3.50. The molecule has 1 aromatic carbocycles. The highest BCUT2D eigenvalue weighted by molar-refractivity contribution is 14.1. The Kier molecular flexibility index (Phi) is 6.17. The molecule has 1 unspecified atom stereocenters. The molecule has 1 fully saturated rings. The molecule has 0 saturated carbocycles. The fourth-order valence-corrected chi connectivity index (χ4v) is 2.60. The van der Waals surface area contributed by atoms with Crippen LogP contribution in [0.5, 0.6) is 0 Å². The molecule has 0 aromatic heterocycles. The van der Waals surface area contributed by atoms with E-state index < -0.39 is 0 Å². The van der Waals surface area contributed by atoms with E-state index in [9.17, 15) is 4.79 Å². The van der Waals surface area contributed by atoms with Crippen molar-refractivity contribution in [2.75, 3.05) is 20.1 Å². The Morgan fingerprint density at radius 3 is 2.83 bits per heavy atom. The summed E-state index contributed by atoms with van der Waals surface area (Å²) >= 11 is 8.09. The first-order valence-electron chi connectivity index (χ1n) is 5.52. The van der Waals surface area contributed by atoms with Crippen LogP contribution in [0.25, 0.3) is 0 Å². The van der Waals surface area contributed by atoms with E-state index in [2.05, 4.69) is 27.9 Å². The van der Waals surface area contributed by atoms with Gasteiger partial charge in [-0.3, -0.25) is 4.79 Å². The summed E-state index contributed by atoms with van der Waals surface area (Å²) in [5.41, 5.74) is 0.702. The molecule has 0 radical (unpaired) electrons. The van der Waals surface area contributed by atoms with E-state index >= 15 is 0 Å². The zero-order valence-corrected chi connectivity index (χ0v) is 13.7. The first-order valence-corrected chi connectivity index (χ1v) is 6.98. The Bertz CT molecular complexity index is 436. The number of rotatable bonds is 2. The van der Waals surface area contributed by atoms with Crippen molar-refractivity contribution < 1.29 is 4.79 Å². The highest BCUT2D eigenvalue weighted by Gasteiger charge is 2.24. The molecular formula is C12H15Cl2IN2O. The molecule has 1 saturated heterocycles. The average Bonchev–Trinajstić information content (AvgIpc) is 2.84. The summed E-state index contributed by atoms with van der Waals surface area (Å²) in [4.78, 5) is 14.1. The van der Waals surface area contributed by atoms with Crippen molar-refractivity contribution in [2.45, 2.75) is 12.5 Å². The van der Waals surface area contributed by atoms with Gasteiger partial charge in [-0.05, 0) is 53.8 Å². The Hall–Kier alpha value is -0.0400. The number of likely N-dealkylation sites (N-methyl/N-ethyl adjacent to an activating group) is 1. The molecule has 18 heavy (non-hydrogen) atoms. The van der Waals surface area contributed by atoms with Gasteiger partial charge in [0.1, 0.15) is 0 Å². The molecule has 0 aliphatic carbocycles. The minimum atomic E-state index is 0. The summed E-state index contributed by atoms with van der Waals surface area (Å²) in [5.74, 6) is 0.0632. The van der Waals surface area contributed by atoms with Gasteiger partial charge in [0.15, 0.2) is 0 Å². The second-order valence-electron chi connectivity index (χ2n) is 4.19. The fraction of sp³-hybridized carbons (Fsp3) is 0.417. The van der Waals surface area contributed by atoms with Crippen LogP contribution in [-0.4, -0.2) is 37.0 Å². The van der Waals surface area contributed by atoms with Gasteiger partial charge in [0.05, 0.1) is 5.02 Å². The van der Waals surface area contributed by atoms with E-state index in [0.29, 0.717) is 16.6 Å². The van der Waals surface area contributed by atoms with Crippen molar-refractivity contribution >= 4 is 52.5 Å². The smallest absolute Gasteiger partial charge is 0.253 e. The monoisotopic (exact) mass is 400 g/mol. The van der Waals surface area contributed by atoms with Gasteiger partial charge >= 0.3 is 0 Å². The maximum Gasteiger partial charge on any atom is 0.253 e. The maximum absolute atomic E-state index is 12.2. The van der Waals surface area contributed by atoms with Crippen molar-refractivity contribution in [3.8, 4) is 0 Å². The van der Waals surface area contributed by atoms with Gasteiger partial charge in [0, 0.05) is 28.8 Å². The molecule has 0 bridgehead atoms. The van der Waals surface area contributed by atoms with E-state index in [0.717, 1.165) is 23.1 Å². The molecular weight excluding hydrogens is 386 g/mol. The Labute approximate surface area is 132 Å². The van der Waals surface area contributed by atoms with Gasteiger partial charge in [-0.1, -0.05) is 11.6 Å². The Balaban J connectivity index is 0.00000162. The predicted molar refractivity (Wildman–Crippen MR) is 84.8 cm³/mol. The van der Waals surface area contributed by atoms with Gasteiger partial charge in [-0.2, -0.15) is 0 Å². The highest BCUT2D eigenvalue weighted by atomic mass is 127. The Morgan fingerprint density at radius 2 is 2.28 bits per heavy atom. The molecule has 1 aliphatic heterocycles. The molecule has 1 N–H and O–H groups in total. The lowest BCUT2D eigenvalue weighted by atomic mass is 10.1. The summed E-state index contributed by atoms with van der Waals surface area (Å²) < 4.78 is 0.910. The van der Waals surface area contributed by atoms with Crippen molar-refractivity contribution in [1.82, 2.24) is 10.2 Å². The maximum atomic E-state index is 12.2. The number of amides is 1. The highest BCUT2D eigenvalue weighted by Crippen LogP contribution is 2.21. The number of halogens is 3. The number of nitrogens with one attached hydrogen (secondary N) is 1. The number of carbonyl (C=O) groups is 1.